The molecule has 1 unspecified atom stereocenters. The summed E-state index contributed by atoms with van der Waals surface area (Å²) in [6, 6.07) is 11.5. The van der Waals surface area contributed by atoms with Crippen molar-refractivity contribution in [2.24, 2.45) is 0 Å². The van der Waals surface area contributed by atoms with Crippen LogP contribution in [0.4, 0.5) is 0 Å². The third-order valence-electron chi connectivity index (χ3n) is 6.56. The lowest BCUT2D eigenvalue weighted by atomic mass is 10.0. The monoisotopic (exact) mass is 507 g/mol. The van der Waals surface area contributed by atoms with E-state index in [4.69, 9.17) is 23.3 Å². The zero-order valence-corrected chi connectivity index (χ0v) is 20.3. The van der Waals surface area contributed by atoms with Crippen molar-refractivity contribution in [2.75, 3.05) is 33.5 Å². The first-order chi connectivity index (χ1) is 17.1. The first-order valence-electron chi connectivity index (χ1n) is 11.7. The number of rotatable bonds is 9. The van der Waals surface area contributed by atoms with Gasteiger partial charge in [0.15, 0.2) is 6.23 Å². The van der Waals surface area contributed by atoms with E-state index in [-0.39, 0.29) is 25.4 Å². The van der Waals surface area contributed by atoms with Crippen LogP contribution in [-0.2, 0) is 23.3 Å². The summed E-state index contributed by atoms with van der Waals surface area (Å²) in [5.74, 6) is 0. The van der Waals surface area contributed by atoms with E-state index >= 15 is 0 Å². The van der Waals surface area contributed by atoms with Crippen LogP contribution in [0.25, 0.3) is 0 Å². The highest BCUT2D eigenvalue weighted by molar-refractivity contribution is 7.45. The lowest BCUT2D eigenvalue weighted by molar-refractivity contribution is -0.0811. The average Bonchev–Trinajstić information content (AvgIpc) is 3.56. The van der Waals surface area contributed by atoms with Crippen molar-refractivity contribution in [1.29, 1.82) is 0 Å². The topological polar surface area (TPSA) is 124 Å². The SMILES string of the molecule is COCCO[C@H]1C(O[P@@]2O[C@H](c3ccccc3)[C@@H]3CCCN32)[C@@H](CO)O[C@H]1n1ccc(=O)[nH]c1=O. The highest BCUT2D eigenvalue weighted by atomic mass is 31.2. The number of ether oxygens (including phenoxy) is 3. The summed E-state index contributed by atoms with van der Waals surface area (Å²) in [4.78, 5) is 26.3. The second kappa shape index (κ2) is 11.0. The van der Waals surface area contributed by atoms with Gasteiger partial charge < -0.3 is 28.4 Å². The molecule has 190 valence electrons. The summed E-state index contributed by atoms with van der Waals surface area (Å²) in [6.07, 6.45) is 0.198. The number of aliphatic hydroxyl groups is 1. The maximum Gasteiger partial charge on any atom is 0.330 e. The van der Waals surface area contributed by atoms with Crippen LogP contribution in [0.5, 0.6) is 0 Å². The molecule has 2 N–H and O–H groups in total. The Balaban J connectivity index is 1.41. The Labute approximate surface area is 203 Å². The molecule has 3 saturated heterocycles. The molecule has 3 aliphatic rings. The van der Waals surface area contributed by atoms with Gasteiger partial charge in [-0.2, -0.15) is 0 Å². The molecule has 7 atom stereocenters. The average molecular weight is 507 g/mol. The number of methoxy groups -OCH3 is 1. The summed E-state index contributed by atoms with van der Waals surface area (Å²) in [5.41, 5.74) is -0.0425. The summed E-state index contributed by atoms with van der Waals surface area (Å²) >= 11 is 0. The second-order valence-corrected chi connectivity index (χ2v) is 10.1. The molecule has 1 aromatic heterocycles. The molecule has 0 amide bonds. The van der Waals surface area contributed by atoms with Crippen LogP contribution in [0.3, 0.4) is 0 Å². The van der Waals surface area contributed by atoms with Gasteiger partial charge in [-0.3, -0.25) is 14.3 Å². The van der Waals surface area contributed by atoms with E-state index in [9.17, 15) is 14.7 Å². The molecule has 0 radical (unpaired) electrons. The van der Waals surface area contributed by atoms with E-state index in [0.717, 1.165) is 24.9 Å². The minimum Gasteiger partial charge on any atom is -0.394 e. The van der Waals surface area contributed by atoms with Crippen molar-refractivity contribution >= 4 is 8.53 Å². The van der Waals surface area contributed by atoms with Gasteiger partial charge in [0.05, 0.1) is 19.8 Å². The minimum atomic E-state index is -1.45. The van der Waals surface area contributed by atoms with Gasteiger partial charge in [-0.1, -0.05) is 30.3 Å². The number of nitrogens with one attached hydrogen (secondary N) is 1. The van der Waals surface area contributed by atoms with Gasteiger partial charge in [-0.05, 0) is 18.4 Å². The van der Waals surface area contributed by atoms with Crippen LogP contribution < -0.4 is 11.2 Å². The molecule has 3 fully saturated rings. The van der Waals surface area contributed by atoms with Crippen LogP contribution in [0.2, 0.25) is 0 Å². The van der Waals surface area contributed by atoms with Gasteiger partial charge in [0.1, 0.15) is 24.4 Å². The first-order valence-corrected chi connectivity index (χ1v) is 12.9. The van der Waals surface area contributed by atoms with Crippen molar-refractivity contribution in [3.8, 4) is 0 Å². The molecule has 35 heavy (non-hydrogen) atoms. The molecule has 0 saturated carbocycles. The number of fused-ring (bicyclic) bond motifs is 1. The molecule has 11 nitrogen and oxygen atoms in total. The van der Waals surface area contributed by atoms with Crippen LogP contribution in [-0.4, -0.2) is 77.2 Å². The predicted octanol–water partition coefficient (Wildman–Crippen LogP) is 1.31. The van der Waals surface area contributed by atoms with Crippen LogP contribution >= 0.6 is 8.53 Å². The number of nitrogens with zero attached hydrogens (tertiary/aromatic N) is 2. The molecule has 0 spiro atoms. The summed E-state index contributed by atoms with van der Waals surface area (Å²) in [7, 11) is 0.113. The van der Waals surface area contributed by atoms with E-state index in [0.29, 0.717) is 6.61 Å². The van der Waals surface area contributed by atoms with E-state index in [1.165, 1.54) is 16.8 Å². The number of aromatic amines is 1. The first kappa shape index (κ1) is 24.7. The van der Waals surface area contributed by atoms with E-state index in [2.05, 4.69) is 21.8 Å². The van der Waals surface area contributed by atoms with E-state index < -0.39 is 44.3 Å². The quantitative estimate of drug-likeness (QED) is 0.382. The van der Waals surface area contributed by atoms with Crippen LogP contribution in [0, 0.1) is 0 Å². The third kappa shape index (κ3) is 5.00. The normalized spacial score (nSPS) is 32.8. The summed E-state index contributed by atoms with van der Waals surface area (Å²) in [6.45, 7) is 1.08. The zero-order chi connectivity index (χ0) is 24.4. The number of aliphatic hydroxyl groups excluding tert-OH is 1. The van der Waals surface area contributed by atoms with Gasteiger partial charge in [-0.15, -0.1) is 0 Å². The number of hydrogen-bond acceptors (Lipinski definition) is 9. The molecule has 4 heterocycles. The number of aromatic nitrogens is 2. The van der Waals surface area contributed by atoms with E-state index in [1.807, 2.05) is 18.2 Å². The maximum atomic E-state index is 12.5. The maximum absolute atomic E-state index is 12.5. The van der Waals surface area contributed by atoms with Gasteiger partial charge in [-0.25, -0.2) is 9.46 Å². The van der Waals surface area contributed by atoms with Gasteiger partial charge in [0, 0.05) is 32.0 Å². The Morgan fingerprint density at radius 3 is 2.74 bits per heavy atom. The second-order valence-electron chi connectivity index (χ2n) is 8.71. The van der Waals surface area contributed by atoms with Crippen LogP contribution in [0.1, 0.15) is 30.7 Å². The third-order valence-corrected chi connectivity index (χ3v) is 8.31. The fourth-order valence-corrected chi connectivity index (χ4v) is 6.91. The van der Waals surface area contributed by atoms with Crippen molar-refractivity contribution in [3.63, 3.8) is 0 Å². The van der Waals surface area contributed by atoms with Crippen molar-refractivity contribution in [3.05, 3.63) is 69.0 Å². The molecular formula is C23H30N3O8P. The molecule has 0 bridgehead atoms. The Morgan fingerprint density at radius 2 is 2.00 bits per heavy atom. The number of benzene rings is 1. The standard InChI is InChI=1S/C23H30N3O8P/c1-30-12-13-31-21-20(17(14-27)32-22(21)25-11-9-18(28)24-23(25)29)34-35-26-10-5-8-16(26)19(33-35)15-6-3-2-4-7-15/h2-4,6-7,9,11,16-17,19-22,27H,5,8,10,12-14H2,1H3,(H,24,28,29)/t16-,17+,19+,20?,21-,22+,35+/m0/s1. The van der Waals surface area contributed by atoms with E-state index in [1.54, 1.807) is 7.11 Å². The number of hydrogen-bond donors (Lipinski definition) is 2. The highest BCUT2D eigenvalue weighted by Crippen LogP contribution is 2.61. The molecule has 5 rings (SSSR count). The zero-order valence-electron chi connectivity index (χ0n) is 19.4. The molecule has 0 aliphatic carbocycles. The lowest BCUT2D eigenvalue weighted by Gasteiger charge is -2.28. The lowest BCUT2D eigenvalue weighted by Crippen LogP contribution is -2.41. The van der Waals surface area contributed by atoms with Crippen LogP contribution in [0.15, 0.2) is 52.2 Å². The predicted molar refractivity (Wildman–Crippen MR) is 126 cm³/mol. The Hall–Kier alpha value is -1.95. The molecular weight excluding hydrogens is 477 g/mol. The highest BCUT2D eigenvalue weighted by Gasteiger charge is 2.53. The Kier molecular flexibility index (Phi) is 7.76. The number of H-pyrrole nitrogens is 1. The van der Waals surface area contributed by atoms with Gasteiger partial charge >= 0.3 is 5.69 Å². The fourth-order valence-electron chi connectivity index (χ4n) is 4.91. The Bertz CT molecular complexity index is 1100. The van der Waals surface area contributed by atoms with Crippen molar-refractivity contribution in [1.82, 2.24) is 14.2 Å². The van der Waals surface area contributed by atoms with Crippen molar-refractivity contribution in [2.45, 2.75) is 49.5 Å². The largest absolute Gasteiger partial charge is 0.394 e. The molecule has 2 aromatic rings. The Morgan fingerprint density at radius 1 is 1.17 bits per heavy atom. The molecule has 1 aromatic carbocycles. The van der Waals surface area contributed by atoms with Gasteiger partial charge in [0.25, 0.3) is 14.1 Å². The molecule has 12 heteroatoms. The summed E-state index contributed by atoms with van der Waals surface area (Å²) in [5, 5.41) is 10.1. The van der Waals surface area contributed by atoms with Crippen molar-refractivity contribution < 1.29 is 28.4 Å². The summed E-state index contributed by atoms with van der Waals surface area (Å²) < 4.78 is 33.7. The smallest absolute Gasteiger partial charge is 0.330 e. The fraction of sp³-hybridized carbons (Fsp3) is 0.565. The molecule has 3 aliphatic heterocycles. The minimum absolute atomic E-state index is 0.106. The van der Waals surface area contributed by atoms with Gasteiger partial charge in [0.2, 0.25) is 0 Å².